The lowest BCUT2D eigenvalue weighted by atomic mass is 10.1. The summed E-state index contributed by atoms with van der Waals surface area (Å²) < 4.78 is 13.2. The van der Waals surface area contributed by atoms with Crippen LogP contribution in [0.1, 0.15) is 33.6 Å². The molecule has 0 saturated carbocycles. The third kappa shape index (κ3) is 12.2. The lowest BCUT2D eigenvalue weighted by Crippen LogP contribution is -2.37. The average Bonchev–Trinajstić information content (AvgIpc) is 2.94. The third-order valence-corrected chi connectivity index (χ3v) is 5.92. The molecule has 3 N–H and O–H groups in total. The summed E-state index contributed by atoms with van der Waals surface area (Å²) in [6.07, 6.45) is 9.14. The molecule has 0 aliphatic heterocycles. The normalized spacial score (nSPS) is 13.4. The number of carbonyl (C=O) groups excluding carboxylic acids is 1. The van der Waals surface area contributed by atoms with E-state index in [0.29, 0.717) is 56.3 Å². The van der Waals surface area contributed by atoms with Crippen molar-refractivity contribution in [2.45, 2.75) is 33.6 Å². The number of allylic oxidation sites excluding steroid dienone is 4. The topological polar surface area (TPSA) is 106 Å². The molecule has 1 atom stereocenters. The van der Waals surface area contributed by atoms with Gasteiger partial charge in [-0.3, -0.25) is 14.6 Å². The Hall–Kier alpha value is -4.11. The van der Waals surface area contributed by atoms with Crippen LogP contribution in [0.15, 0.2) is 94.8 Å². The van der Waals surface area contributed by atoms with Crippen LogP contribution in [0.3, 0.4) is 0 Å². The number of nitrogens with one attached hydrogen (secondary N) is 2. The Kier molecular flexibility index (Phi) is 16.1. The van der Waals surface area contributed by atoms with Crippen LogP contribution < -0.4 is 15.5 Å². The highest BCUT2D eigenvalue weighted by Gasteiger charge is 2.14. The fourth-order valence-corrected chi connectivity index (χ4v) is 3.73. The Bertz CT molecular complexity index is 1140. The summed E-state index contributed by atoms with van der Waals surface area (Å²) >= 11 is 0. The second-order valence-electron chi connectivity index (χ2n) is 8.81. The van der Waals surface area contributed by atoms with Crippen molar-refractivity contribution in [3.8, 4) is 0 Å². The van der Waals surface area contributed by atoms with Crippen molar-refractivity contribution in [3.05, 3.63) is 90.6 Å². The molecular weight excluding hydrogens is 509 g/mol. The molecule has 1 aromatic carbocycles. The Morgan fingerprint density at radius 2 is 1.88 bits per heavy atom. The summed E-state index contributed by atoms with van der Waals surface area (Å²) in [6, 6.07) is 6.27. The van der Waals surface area contributed by atoms with E-state index >= 15 is 0 Å². The van der Waals surface area contributed by atoms with Gasteiger partial charge in [-0.2, -0.15) is 0 Å². The number of rotatable bonds is 19. The predicted octanol–water partition coefficient (Wildman–Crippen LogP) is 5.09. The van der Waals surface area contributed by atoms with Gasteiger partial charge in [0.05, 0.1) is 23.0 Å². The summed E-state index contributed by atoms with van der Waals surface area (Å²) in [5.74, 6) is -1.81. The Morgan fingerprint density at radius 3 is 2.42 bits per heavy atom. The summed E-state index contributed by atoms with van der Waals surface area (Å²) in [7, 11) is 0. The molecule has 0 spiro atoms. The summed E-state index contributed by atoms with van der Waals surface area (Å²) in [4.78, 5) is 34.6. The minimum absolute atomic E-state index is 0.0757. The Labute approximate surface area is 237 Å². The Balaban J connectivity index is 2.98. The van der Waals surface area contributed by atoms with Gasteiger partial charge in [-0.1, -0.05) is 44.4 Å². The van der Waals surface area contributed by atoms with E-state index in [9.17, 15) is 14.0 Å². The molecule has 0 aromatic heterocycles. The van der Waals surface area contributed by atoms with Crippen molar-refractivity contribution in [2.24, 2.45) is 15.9 Å². The number of aliphatic imine (C=N–C) groups is 2. The molecule has 1 rings (SSSR count). The van der Waals surface area contributed by atoms with Gasteiger partial charge < -0.3 is 20.6 Å². The number of anilines is 1. The molecular formula is C31H42FN5O3. The largest absolute Gasteiger partial charge is 0.481 e. The standard InChI is InChI=1S/C31H42FN5O3/c1-7-12-24(8-2)29(22-34-18-11-13-30(38)39)36-27(9-3)28(33-6)21-23(5)31(40)35-19-20-37(10-4)26-16-14-25(32)15-17-26/h7-9,12,14-17,21,23,34H,1-2,6,10-11,13,18-20,22H2,3-5H3,(H,35,40)(H,38,39)/b24-12+,27-9+,28-21+,36-29-. The van der Waals surface area contributed by atoms with Crippen LogP contribution in [0.2, 0.25) is 0 Å². The van der Waals surface area contributed by atoms with Gasteiger partial charge >= 0.3 is 5.97 Å². The van der Waals surface area contributed by atoms with E-state index in [-0.39, 0.29) is 18.1 Å². The third-order valence-electron chi connectivity index (χ3n) is 5.92. The van der Waals surface area contributed by atoms with E-state index in [1.165, 1.54) is 12.1 Å². The van der Waals surface area contributed by atoms with E-state index in [1.54, 1.807) is 49.4 Å². The van der Waals surface area contributed by atoms with Crippen LogP contribution in [0.5, 0.6) is 0 Å². The highest BCUT2D eigenvalue weighted by atomic mass is 19.1. The summed E-state index contributed by atoms with van der Waals surface area (Å²) in [5.41, 5.74) is 3.28. The minimum atomic E-state index is -0.842. The van der Waals surface area contributed by atoms with Crippen molar-refractivity contribution in [1.82, 2.24) is 10.6 Å². The number of hydrogen-bond acceptors (Lipinski definition) is 6. The zero-order valence-electron chi connectivity index (χ0n) is 23.8. The first-order valence-electron chi connectivity index (χ1n) is 13.3. The maximum absolute atomic E-state index is 13.2. The number of likely N-dealkylation sites (N-methyl/N-ethyl adjacent to an activating group) is 1. The molecule has 1 amide bonds. The molecule has 0 bridgehead atoms. The number of nitrogens with zero attached hydrogens (tertiary/aromatic N) is 3. The highest BCUT2D eigenvalue weighted by molar-refractivity contribution is 6.04. The van der Waals surface area contributed by atoms with Crippen LogP contribution in [0.4, 0.5) is 10.1 Å². The van der Waals surface area contributed by atoms with Crippen molar-refractivity contribution < 1.29 is 19.1 Å². The van der Waals surface area contributed by atoms with Gasteiger partial charge in [0.15, 0.2) is 0 Å². The number of benzene rings is 1. The first-order chi connectivity index (χ1) is 19.2. The van der Waals surface area contributed by atoms with Crippen molar-refractivity contribution >= 4 is 30.0 Å². The minimum Gasteiger partial charge on any atom is -0.481 e. The van der Waals surface area contributed by atoms with Crippen molar-refractivity contribution in [2.75, 3.05) is 37.6 Å². The molecule has 1 unspecified atom stereocenters. The number of carboxylic acid groups (broad SMARTS) is 1. The molecule has 216 valence electrons. The molecule has 40 heavy (non-hydrogen) atoms. The van der Waals surface area contributed by atoms with E-state index in [1.807, 2.05) is 13.8 Å². The van der Waals surface area contributed by atoms with Gasteiger partial charge in [0.1, 0.15) is 5.82 Å². The lowest BCUT2D eigenvalue weighted by Gasteiger charge is -2.23. The number of carbonyl (C=O) groups is 2. The monoisotopic (exact) mass is 551 g/mol. The van der Waals surface area contributed by atoms with E-state index < -0.39 is 11.9 Å². The summed E-state index contributed by atoms with van der Waals surface area (Å²) in [6.45, 7) is 19.5. The Morgan fingerprint density at radius 1 is 1.18 bits per heavy atom. The first kappa shape index (κ1) is 33.9. The molecule has 0 fully saturated rings. The van der Waals surface area contributed by atoms with Crippen LogP contribution in [-0.4, -0.2) is 62.1 Å². The van der Waals surface area contributed by atoms with Gasteiger partial charge in [-0.15, -0.1) is 0 Å². The highest BCUT2D eigenvalue weighted by Crippen LogP contribution is 2.18. The zero-order valence-corrected chi connectivity index (χ0v) is 23.8. The predicted molar refractivity (Wildman–Crippen MR) is 164 cm³/mol. The zero-order chi connectivity index (χ0) is 29.9. The second kappa shape index (κ2) is 19.0. The SMILES string of the molecule is C=C/C=C(C=C)/C(CNCCCC(=O)O)=N\C(=C\C)C(=C/C(C)C(=O)NCCN(CC)c1ccc(F)cc1)\N=C. The van der Waals surface area contributed by atoms with Gasteiger partial charge in [0, 0.05) is 38.3 Å². The molecule has 0 radical (unpaired) electrons. The lowest BCUT2D eigenvalue weighted by molar-refractivity contribution is -0.137. The van der Waals surface area contributed by atoms with Crippen LogP contribution in [0.25, 0.3) is 0 Å². The number of carboxylic acids is 1. The number of amides is 1. The number of aliphatic carboxylic acids is 1. The van der Waals surface area contributed by atoms with E-state index in [4.69, 9.17) is 10.1 Å². The van der Waals surface area contributed by atoms with Crippen LogP contribution in [0, 0.1) is 11.7 Å². The second-order valence-corrected chi connectivity index (χ2v) is 8.81. The average molecular weight is 552 g/mol. The smallest absolute Gasteiger partial charge is 0.303 e. The number of halogens is 1. The fourth-order valence-electron chi connectivity index (χ4n) is 3.73. The van der Waals surface area contributed by atoms with Crippen molar-refractivity contribution in [3.63, 3.8) is 0 Å². The van der Waals surface area contributed by atoms with Gasteiger partial charge in [0.25, 0.3) is 0 Å². The molecule has 0 heterocycles. The van der Waals surface area contributed by atoms with E-state index in [2.05, 4.69) is 40.4 Å². The molecule has 0 aliphatic carbocycles. The van der Waals surface area contributed by atoms with Crippen LogP contribution >= 0.6 is 0 Å². The fraction of sp³-hybridized carbons (Fsp3) is 0.355. The van der Waals surface area contributed by atoms with Gasteiger partial charge in [0.2, 0.25) is 5.91 Å². The summed E-state index contributed by atoms with van der Waals surface area (Å²) in [5, 5.41) is 15.0. The van der Waals surface area contributed by atoms with Gasteiger partial charge in [-0.25, -0.2) is 9.38 Å². The number of hydrogen-bond donors (Lipinski definition) is 3. The first-order valence-corrected chi connectivity index (χ1v) is 13.3. The maximum Gasteiger partial charge on any atom is 0.303 e. The maximum atomic E-state index is 13.2. The van der Waals surface area contributed by atoms with E-state index in [0.717, 1.165) is 11.3 Å². The molecule has 0 saturated heterocycles. The van der Waals surface area contributed by atoms with Crippen molar-refractivity contribution in [1.29, 1.82) is 0 Å². The molecule has 8 nitrogen and oxygen atoms in total. The van der Waals surface area contributed by atoms with Crippen LogP contribution in [-0.2, 0) is 9.59 Å². The van der Waals surface area contributed by atoms with Gasteiger partial charge in [-0.05, 0) is 69.4 Å². The quantitative estimate of drug-likeness (QED) is 0.126. The molecule has 9 heteroatoms. The molecule has 1 aromatic rings. The molecule has 0 aliphatic rings.